The number of aromatic nitrogens is 2. The standard InChI is InChI=1S/C26H19N3O4/c30-22-9-6-15(11-23(22)31)13-27-14-21-20-12-17(7-8-19(20)25(32)29-26(21)33)18-5-1-3-16-4-2-10-28-24(16)18/h1-12,14,30-31H,13H2,(H2,29,32,33). The van der Waals surface area contributed by atoms with Crippen molar-refractivity contribution in [3.63, 3.8) is 0 Å². The van der Waals surface area contributed by atoms with Crippen molar-refractivity contribution in [2.45, 2.75) is 6.54 Å². The van der Waals surface area contributed by atoms with E-state index in [0.29, 0.717) is 21.9 Å². The number of benzene rings is 3. The molecule has 7 nitrogen and oxygen atoms in total. The number of aromatic hydroxyl groups is 3. The molecule has 2 aromatic heterocycles. The highest BCUT2D eigenvalue weighted by molar-refractivity contribution is 6.04. The number of aliphatic imine (C=N–C) groups is 1. The molecule has 4 N–H and O–H groups in total. The van der Waals surface area contributed by atoms with Gasteiger partial charge in [-0.15, -0.1) is 0 Å². The number of nitrogens with one attached hydrogen (secondary N) is 1. The van der Waals surface area contributed by atoms with Crippen molar-refractivity contribution in [1.82, 2.24) is 9.97 Å². The zero-order chi connectivity index (χ0) is 22.9. The second-order valence-electron chi connectivity index (χ2n) is 7.65. The molecule has 0 aliphatic rings. The Bertz CT molecular complexity index is 1600. The van der Waals surface area contributed by atoms with E-state index < -0.39 is 5.56 Å². The number of fused-ring (bicyclic) bond motifs is 2. The quantitative estimate of drug-likeness (QED) is 0.244. The smallest absolute Gasteiger partial charge is 0.258 e. The van der Waals surface area contributed by atoms with Crippen LogP contribution in [0.15, 0.2) is 82.7 Å². The van der Waals surface area contributed by atoms with Gasteiger partial charge in [-0.05, 0) is 41.5 Å². The highest BCUT2D eigenvalue weighted by atomic mass is 16.3. The summed E-state index contributed by atoms with van der Waals surface area (Å²) in [6, 6.07) is 19.7. The minimum absolute atomic E-state index is 0.206. The van der Waals surface area contributed by atoms with Crippen LogP contribution in [-0.4, -0.2) is 31.5 Å². The molecule has 0 unspecified atom stereocenters. The lowest BCUT2D eigenvalue weighted by molar-refractivity contribution is 0.403. The first kappa shape index (κ1) is 20.3. The van der Waals surface area contributed by atoms with Gasteiger partial charge in [0.05, 0.1) is 17.6 Å². The molecule has 0 radical (unpaired) electrons. The van der Waals surface area contributed by atoms with Crippen molar-refractivity contribution in [2.24, 2.45) is 4.99 Å². The topological polar surface area (TPSA) is 119 Å². The van der Waals surface area contributed by atoms with Crippen LogP contribution in [0.4, 0.5) is 0 Å². The lowest BCUT2D eigenvalue weighted by atomic mass is 9.98. The number of pyridine rings is 2. The van der Waals surface area contributed by atoms with Crippen molar-refractivity contribution < 1.29 is 15.3 Å². The molecule has 33 heavy (non-hydrogen) atoms. The van der Waals surface area contributed by atoms with E-state index in [4.69, 9.17) is 0 Å². The van der Waals surface area contributed by atoms with Gasteiger partial charge in [0.15, 0.2) is 11.5 Å². The maximum Gasteiger partial charge on any atom is 0.258 e. The lowest BCUT2D eigenvalue weighted by Gasteiger charge is -2.09. The summed E-state index contributed by atoms with van der Waals surface area (Å²) in [5, 5.41) is 31.6. The Morgan fingerprint density at radius 3 is 2.61 bits per heavy atom. The van der Waals surface area contributed by atoms with Crippen molar-refractivity contribution in [2.75, 3.05) is 0 Å². The van der Waals surface area contributed by atoms with Crippen LogP contribution in [0.5, 0.6) is 17.4 Å². The fourth-order valence-electron chi connectivity index (χ4n) is 3.88. The molecule has 5 aromatic rings. The number of nitrogens with zero attached hydrogens (tertiary/aromatic N) is 2. The molecule has 162 valence electrons. The van der Waals surface area contributed by atoms with E-state index in [2.05, 4.69) is 15.0 Å². The minimum atomic E-state index is -0.397. The zero-order valence-electron chi connectivity index (χ0n) is 17.4. The van der Waals surface area contributed by atoms with Crippen molar-refractivity contribution in [3.8, 4) is 28.5 Å². The third-order valence-corrected chi connectivity index (χ3v) is 5.52. The summed E-state index contributed by atoms with van der Waals surface area (Å²) in [4.78, 5) is 23.8. The van der Waals surface area contributed by atoms with Gasteiger partial charge in [0.1, 0.15) is 0 Å². The summed E-state index contributed by atoms with van der Waals surface area (Å²) in [5.41, 5.74) is 3.27. The molecule has 0 fully saturated rings. The minimum Gasteiger partial charge on any atom is -0.504 e. The van der Waals surface area contributed by atoms with Crippen LogP contribution >= 0.6 is 0 Å². The molecule has 0 amide bonds. The third kappa shape index (κ3) is 3.76. The summed E-state index contributed by atoms with van der Waals surface area (Å²) in [6.45, 7) is 0.209. The predicted molar refractivity (Wildman–Crippen MR) is 128 cm³/mol. The van der Waals surface area contributed by atoms with Crippen LogP contribution < -0.4 is 5.56 Å². The van der Waals surface area contributed by atoms with Crippen molar-refractivity contribution >= 4 is 27.9 Å². The number of rotatable bonds is 4. The largest absolute Gasteiger partial charge is 0.504 e. The van der Waals surface area contributed by atoms with Gasteiger partial charge >= 0.3 is 0 Å². The number of hydrogen-bond donors (Lipinski definition) is 4. The summed E-state index contributed by atoms with van der Waals surface area (Å²) >= 11 is 0. The van der Waals surface area contributed by atoms with E-state index in [1.165, 1.54) is 18.3 Å². The molecule has 0 aliphatic carbocycles. The second kappa shape index (κ2) is 8.12. The number of hydrogen-bond acceptors (Lipinski definition) is 6. The lowest BCUT2D eigenvalue weighted by Crippen LogP contribution is -2.08. The Morgan fingerprint density at radius 2 is 1.76 bits per heavy atom. The van der Waals surface area contributed by atoms with Crippen LogP contribution in [0.25, 0.3) is 32.8 Å². The summed E-state index contributed by atoms with van der Waals surface area (Å²) in [6.07, 6.45) is 3.23. The molecule has 0 saturated carbocycles. The molecule has 2 heterocycles. The number of phenols is 2. The summed E-state index contributed by atoms with van der Waals surface area (Å²) in [5.74, 6) is -0.714. The molecular formula is C26H19N3O4. The van der Waals surface area contributed by atoms with Crippen LogP contribution in [-0.2, 0) is 6.54 Å². The zero-order valence-corrected chi connectivity index (χ0v) is 17.4. The third-order valence-electron chi connectivity index (χ3n) is 5.52. The van der Waals surface area contributed by atoms with Gasteiger partial charge in [0, 0.05) is 34.1 Å². The average Bonchev–Trinajstić information content (AvgIpc) is 2.82. The van der Waals surface area contributed by atoms with E-state index in [0.717, 1.165) is 22.0 Å². The number of para-hydroxylation sites is 1. The highest BCUT2D eigenvalue weighted by Gasteiger charge is 2.12. The Labute approximate surface area is 188 Å². The molecular weight excluding hydrogens is 418 g/mol. The maximum atomic E-state index is 12.5. The SMILES string of the molecule is O=c1[nH]c(O)c(C=NCc2ccc(O)c(O)c2)c2cc(-c3cccc4cccnc34)ccc12. The molecule has 5 rings (SSSR count). The van der Waals surface area contributed by atoms with Gasteiger partial charge in [0.25, 0.3) is 5.56 Å². The van der Waals surface area contributed by atoms with Crippen LogP contribution in [0.2, 0.25) is 0 Å². The molecule has 0 spiro atoms. The number of H-pyrrole nitrogens is 1. The van der Waals surface area contributed by atoms with E-state index in [1.807, 2.05) is 42.5 Å². The van der Waals surface area contributed by atoms with Gasteiger partial charge in [-0.25, -0.2) is 0 Å². The summed E-state index contributed by atoms with van der Waals surface area (Å²) < 4.78 is 0. The van der Waals surface area contributed by atoms with Crippen molar-refractivity contribution in [3.05, 3.63) is 94.4 Å². The van der Waals surface area contributed by atoms with Crippen LogP contribution in [0.3, 0.4) is 0 Å². The van der Waals surface area contributed by atoms with E-state index >= 15 is 0 Å². The maximum absolute atomic E-state index is 12.5. The van der Waals surface area contributed by atoms with Crippen LogP contribution in [0.1, 0.15) is 11.1 Å². The molecule has 7 heteroatoms. The van der Waals surface area contributed by atoms with E-state index in [1.54, 1.807) is 18.3 Å². The number of phenolic OH excluding ortho intramolecular Hbond substituents is 2. The molecule has 0 saturated heterocycles. The molecule has 3 aromatic carbocycles. The van der Waals surface area contributed by atoms with Crippen LogP contribution in [0, 0.1) is 0 Å². The molecule has 0 bridgehead atoms. The Morgan fingerprint density at radius 1 is 0.909 bits per heavy atom. The predicted octanol–water partition coefficient (Wildman–Crippen LogP) is 4.48. The Balaban J connectivity index is 1.61. The first-order valence-electron chi connectivity index (χ1n) is 10.2. The van der Waals surface area contributed by atoms with Crippen molar-refractivity contribution in [1.29, 1.82) is 0 Å². The molecule has 0 aliphatic heterocycles. The normalized spacial score (nSPS) is 11.5. The Kier molecular flexibility index (Phi) is 4.99. The van der Waals surface area contributed by atoms with Gasteiger partial charge < -0.3 is 15.3 Å². The van der Waals surface area contributed by atoms with Gasteiger partial charge in [-0.1, -0.05) is 36.4 Å². The second-order valence-corrected chi connectivity index (χ2v) is 7.65. The first-order valence-corrected chi connectivity index (χ1v) is 10.2. The molecule has 0 atom stereocenters. The fourth-order valence-corrected chi connectivity index (χ4v) is 3.88. The average molecular weight is 437 g/mol. The van der Waals surface area contributed by atoms with Gasteiger partial charge in [0.2, 0.25) is 5.88 Å². The van der Waals surface area contributed by atoms with Gasteiger partial charge in [-0.3, -0.25) is 19.8 Å². The first-order chi connectivity index (χ1) is 16.0. The highest BCUT2D eigenvalue weighted by Crippen LogP contribution is 2.31. The fraction of sp³-hybridized carbons (Fsp3) is 0.0385. The van der Waals surface area contributed by atoms with E-state index in [-0.39, 0.29) is 23.9 Å². The van der Waals surface area contributed by atoms with E-state index in [9.17, 15) is 20.1 Å². The number of aromatic amines is 1. The van der Waals surface area contributed by atoms with Gasteiger partial charge in [-0.2, -0.15) is 0 Å². The Hall–Kier alpha value is -4.65. The monoisotopic (exact) mass is 437 g/mol. The summed E-state index contributed by atoms with van der Waals surface area (Å²) in [7, 11) is 0.